The maximum Gasteiger partial charge on any atom is 0.335 e. The van der Waals surface area contributed by atoms with Crippen molar-refractivity contribution in [3.63, 3.8) is 0 Å². The minimum atomic E-state index is -0.954. The normalized spacial score (nSPS) is 24.1. The first kappa shape index (κ1) is 14.1. The summed E-state index contributed by atoms with van der Waals surface area (Å²) in [4.78, 5) is 25.9. The molecular weight excluding hydrogens is 268 g/mol. The lowest BCUT2D eigenvalue weighted by Crippen LogP contribution is -2.44. The predicted molar refractivity (Wildman–Crippen MR) is 79.7 cm³/mol. The molecule has 5 nitrogen and oxygen atoms in total. The zero-order valence-corrected chi connectivity index (χ0v) is 12.2. The average molecular weight is 288 g/mol. The van der Waals surface area contributed by atoms with Crippen LogP contribution < -0.4 is 10.2 Å². The molecule has 2 aliphatic rings. The second-order valence-electron chi connectivity index (χ2n) is 5.92. The number of hydrogen-bond acceptors (Lipinski definition) is 3. The molecule has 1 amide bonds. The van der Waals surface area contributed by atoms with Gasteiger partial charge in [-0.3, -0.25) is 4.79 Å². The van der Waals surface area contributed by atoms with Crippen molar-refractivity contribution in [2.45, 2.75) is 26.2 Å². The topological polar surface area (TPSA) is 69.6 Å². The highest BCUT2D eigenvalue weighted by molar-refractivity contribution is 6.01. The van der Waals surface area contributed by atoms with Gasteiger partial charge in [-0.15, -0.1) is 0 Å². The van der Waals surface area contributed by atoms with E-state index in [1.807, 2.05) is 6.07 Å². The summed E-state index contributed by atoms with van der Waals surface area (Å²) in [7, 11) is 0. The molecule has 0 saturated carbocycles. The van der Waals surface area contributed by atoms with Crippen LogP contribution in [0.4, 0.5) is 5.69 Å². The fourth-order valence-corrected chi connectivity index (χ4v) is 3.39. The molecule has 2 aliphatic heterocycles. The van der Waals surface area contributed by atoms with Crippen LogP contribution in [-0.2, 0) is 11.2 Å². The van der Waals surface area contributed by atoms with E-state index in [-0.39, 0.29) is 16.9 Å². The van der Waals surface area contributed by atoms with Crippen LogP contribution in [0.15, 0.2) is 18.2 Å². The maximum absolute atomic E-state index is 13.0. The molecule has 0 aromatic heterocycles. The van der Waals surface area contributed by atoms with E-state index in [1.54, 1.807) is 17.0 Å². The van der Waals surface area contributed by atoms with Crippen molar-refractivity contribution >= 4 is 17.6 Å². The van der Waals surface area contributed by atoms with Crippen LogP contribution in [0.1, 0.15) is 35.7 Å². The van der Waals surface area contributed by atoms with Gasteiger partial charge in [0.05, 0.1) is 11.0 Å². The van der Waals surface area contributed by atoms with Gasteiger partial charge >= 0.3 is 5.97 Å². The molecule has 1 atom stereocenters. The number of carboxylic acids is 1. The summed E-state index contributed by atoms with van der Waals surface area (Å²) in [6, 6.07) is 5.08. The van der Waals surface area contributed by atoms with E-state index < -0.39 is 5.97 Å². The fourth-order valence-electron chi connectivity index (χ4n) is 3.39. The number of benzene rings is 1. The molecule has 0 radical (unpaired) electrons. The molecule has 1 fully saturated rings. The highest BCUT2D eigenvalue weighted by Crippen LogP contribution is 2.37. The summed E-state index contributed by atoms with van der Waals surface area (Å²) in [5.41, 5.74) is 1.75. The van der Waals surface area contributed by atoms with Gasteiger partial charge in [-0.25, -0.2) is 4.79 Å². The number of rotatable bonds is 3. The summed E-state index contributed by atoms with van der Waals surface area (Å²) in [5, 5.41) is 12.4. The summed E-state index contributed by atoms with van der Waals surface area (Å²) in [6.07, 6.45) is 2.46. The smallest absolute Gasteiger partial charge is 0.335 e. The van der Waals surface area contributed by atoms with Crippen molar-refractivity contribution in [3.8, 4) is 0 Å². The monoisotopic (exact) mass is 288 g/mol. The lowest BCUT2D eigenvalue weighted by atomic mass is 9.82. The third-order valence-electron chi connectivity index (χ3n) is 4.85. The van der Waals surface area contributed by atoms with Crippen molar-refractivity contribution in [2.75, 3.05) is 24.5 Å². The summed E-state index contributed by atoms with van der Waals surface area (Å²) in [5.74, 6) is -0.818. The number of amides is 1. The molecule has 1 saturated heterocycles. The Labute approximate surface area is 123 Å². The number of anilines is 1. The van der Waals surface area contributed by atoms with Gasteiger partial charge in [-0.2, -0.15) is 0 Å². The zero-order valence-electron chi connectivity index (χ0n) is 12.2. The van der Waals surface area contributed by atoms with Gasteiger partial charge in [0, 0.05) is 18.8 Å². The summed E-state index contributed by atoms with van der Waals surface area (Å²) < 4.78 is 0. The van der Waals surface area contributed by atoms with Crippen LogP contribution in [0.5, 0.6) is 0 Å². The summed E-state index contributed by atoms with van der Waals surface area (Å²) >= 11 is 0. The van der Waals surface area contributed by atoms with Crippen LogP contribution in [0.25, 0.3) is 0 Å². The average Bonchev–Trinajstić information content (AvgIpc) is 3.13. The van der Waals surface area contributed by atoms with Gasteiger partial charge in [-0.05, 0) is 43.5 Å². The van der Waals surface area contributed by atoms with Gasteiger partial charge in [0.1, 0.15) is 0 Å². The molecular formula is C16H20N2O3. The number of hydrogen-bond donors (Lipinski definition) is 2. The molecule has 2 heterocycles. The first-order chi connectivity index (χ1) is 10.1. The van der Waals surface area contributed by atoms with Crippen LogP contribution in [0.2, 0.25) is 0 Å². The third-order valence-corrected chi connectivity index (χ3v) is 4.85. The van der Waals surface area contributed by atoms with Gasteiger partial charge in [0.25, 0.3) is 0 Å². The largest absolute Gasteiger partial charge is 0.478 e. The van der Waals surface area contributed by atoms with E-state index in [1.165, 1.54) is 0 Å². The van der Waals surface area contributed by atoms with Crippen molar-refractivity contribution in [1.82, 2.24) is 5.32 Å². The molecule has 1 unspecified atom stereocenters. The standard InChI is InChI=1S/C16H20N2O3/c1-2-16(6-7-17-10-16)15(21)18-8-5-11-3-4-12(14(19)20)9-13(11)18/h3-4,9,17H,2,5-8,10H2,1H3,(H,19,20). The molecule has 2 N–H and O–H groups in total. The number of carbonyl (C=O) groups is 2. The second-order valence-corrected chi connectivity index (χ2v) is 5.92. The predicted octanol–water partition coefficient (Wildman–Crippen LogP) is 1.66. The highest BCUT2D eigenvalue weighted by Gasteiger charge is 2.43. The molecule has 0 aliphatic carbocycles. The van der Waals surface area contributed by atoms with E-state index >= 15 is 0 Å². The Balaban J connectivity index is 1.94. The fraction of sp³-hybridized carbons (Fsp3) is 0.500. The Kier molecular flexibility index (Phi) is 3.45. The van der Waals surface area contributed by atoms with Crippen molar-refractivity contribution in [2.24, 2.45) is 5.41 Å². The molecule has 1 aromatic carbocycles. The van der Waals surface area contributed by atoms with Gasteiger partial charge in [-0.1, -0.05) is 13.0 Å². The van der Waals surface area contributed by atoms with Gasteiger partial charge < -0.3 is 15.3 Å². The van der Waals surface area contributed by atoms with Crippen LogP contribution in [-0.4, -0.2) is 36.6 Å². The summed E-state index contributed by atoms with van der Waals surface area (Å²) in [6.45, 7) is 4.29. The lowest BCUT2D eigenvalue weighted by molar-refractivity contribution is -0.127. The number of carbonyl (C=O) groups excluding carboxylic acids is 1. The Morgan fingerprint density at radius 3 is 2.86 bits per heavy atom. The molecule has 21 heavy (non-hydrogen) atoms. The lowest BCUT2D eigenvalue weighted by Gasteiger charge is -2.31. The molecule has 3 rings (SSSR count). The highest BCUT2D eigenvalue weighted by atomic mass is 16.4. The van der Waals surface area contributed by atoms with Crippen molar-refractivity contribution < 1.29 is 14.7 Å². The molecule has 1 aromatic rings. The molecule has 112 valence electrons. The van der Waals surface area contributed by atoms with E-state index in [0.717, 1.165) is 37.1 Å². The van der Waals surface area contributed by atoms with Crippen molar-refractivity contribution in [1.29, 1.82) is 0 Å². The zero-order chi connectivity index (χ0) is 15.0. The number of carboxylic acid groups (broad SMARTS) is 1. The Morgan fingerprint density at radius 2 is 2.24 bits per heavy atom. The third kappa shape index (κ3) is 2.21. The van der Waals surface area contributed by atoms with E-state index in [9.17, 15) is 9.59 Å². The Hall–Kier alpha value is -1.88. The molecule has 5 heteroatoms. The minimum absolute atomic E-state index is 0.135. The minimum Gasteiger partial charge on any atom is -0.478 e. The van der Waals surface area contributed by atoms with Crippen LogP contribution in [0.3, 0.4) is 0 Å². The Morgan fingerprint density at radius 1 is 1.43 bits per heavy atom. The Bertz CT molecular complexity index is 591. The molecule has 0 spiro atoms. The van der Waals surface area contributed by atoms with E-state index in [0.29, 0.717) is 13.1 Å². The second kappa shape index (κ2) is 5.15. The number of fused-ring (bicyclic) bond motifs is 1. The van der Waals surface area contributed by atoms with Gasteiger partial charge in [0.2, 0.25) is 5.91 Å². The maximum atomic E-state index is 13.0. The van der Waals surface area contributed by atoms with E-state index in [2.05, 4.69) is 12.2 Å². The number of nitrogens with zero attached hydrogens (tertiary/aromatic N) is 1. The van der Waals surface area contributed by atoms with E-state index in [4.69, 9.17) is 5.11 Å². The first-order valence-corrected chi connectivity index (χ1v) is 7.46. The SMILES string of the molecule is CCC1(C(=O)N2CCc3ccc(C(=O)O)cc32)CCNC1. The first-order valence-electron chi connectivity index (χ1n) is 7.46. The van der Waals surface area contributed by atoms with Crippen LogP contribution >= 0.6 is 0 Å². The van der Waals surface area contributed by atoms with Crippen molar-refractivity contribution in [3.05, 3.63) is 29.3 Å². The van der Waals surface area contributed by atoms with Crippen LogP contribution in [0, 0.1) is 5.41 Å². The molecule has 0 bridgehead atoms. The number of nitrogens with one attached hydrogen (secondary N) is 1. The number of aromatic carboxylic acids is 1. The quantitative estimate of drug-likeness (QED) is 0.887. The van der Waals surface area contributed by atoms with Gasteiger partial charge in [0.15, 0.2) is 0 Å².